The van der Waals surface area contributed by atoms with Gasteiger partial charge in [0.1, 0.15) is 5.82 Å². The predicted molar refractivity (Wildman–Crippen MR) is 80.6 cm³/mol. The van der Waals surface area contributed by atoms with Crippen LogP contribution in [0.4, 0.5) is 5.82 Å². The van der Waals surface area contributed by atoms with Crippen LogP contribution in [0.2, 0.25) is 0 Å². The van der Waals surface area contributed by atoms with E-state index in [1.807, 2.05) is 12.1 Å². The Morgan fingerprint density at radius 2 is 1.84 bits per heavy atom. The first-order chi connectivity index (χ1) is 8.86. The van der Waals surface area contributed by atoms with Gasteiger partial charge in [-0.3, -0.25) is 0 Å². The van der Waals surface area contributed by atoms with Gasteiger partial charge in [-0.05, 0) is 29.7 Å². The second kappa shape index (κ2) is 6.04. The van der Waals surface area contributed by atoms with Gasteiger partial charge in [0.25, 0.3) is 0 Å². The van der Waals surface area contributed by atoms with Gasteiger partial charge in [0.05, 0.1) is 5.69 Å². The van der Waals surface area contributed by atoms with Crippen molar-refractivity contribution < 1.29 is 0 Å². The quantitative estimate of drug-likeness (QED) is 0.916. The summed E-state index contributed by atoms with van der Waals surface area (Å²) in [7, 11) is 0. The monoisotopic (exact) mass is 275 g/mol. The molecule has 0 radical (unpaired) electrons. The third kappa shape index (κ3) is 2.88. The van der Waals surface area contributed by atoms with Crippen LogP contribution in [0.5, 0.6) is 0 Å². The molecule has 2 N–H and O–H groups in total. The Morgan fingerprint density at radius 1 is 1.05 bits per heavy atom. The van der Waals surface area contributed by atoms with E-state index >= 15 is 0 Å². The van der Waals surface area contributed by atoms with Gasteiger partial charge in [0.15, 0.2) is 0 Å². The first kappa shape index (κ1) is 13.8. The smallest absolute Gasteiger partial charge is 0.129 e. The van der Waals surface area contributed by atoms with Crippen molar-refractivity contribution in [3.05, 3.63) is 59.3 Å². The fourth-order valence-corrected chi connectivity index (χ4v) is 2.45. The number of fused-ring (bicyclic) bond motifs is 1. The number of nitrogens with two attached hydrogens (primary N) is 1. The first-order valence-corrected chi connectivity index (χ1v) is 6.34. The molecule has 0 atom stereocenters. The van der Waals surface area contributed by atoms with Crippen molar-refractivity contribution in [2.75, 3.05) is 11.4 Å². The maximum absolute atomic E-state index is 5.64. The van der Waals surface area contributed by atoms with Crippen molar-refractivity contribution in [2.24, 2.45) is 5.73 Å². The number of halogens is 1. The number of rotatable bonds is 2. The number of benzene rings is 1. The van der Waals surface area contributed by atoms with Crippen molar-refractivity contribution >= 4 is 18.2 Å². The van der Waals surface area contributed by atoms with Crippen molar-refractivity contribution in [3.8, 4) is 0 Å². The average molecular weight is 276 g/mol. The van der Waals surface area contributed by atoms with Gasteiger partial charge in [0.2, 0.25) is 0 Å². The second-order valence-corrected chi connectivity index (χ2v) is 4.63. The van der Waals surface area contributed by atoms with Crippen LogP contribution < -0.4 is 10.6 Å². The minimum Gasteiger partial charge on any atom is -0.352 e. The molecule has 2 heterocycles. The van der Waals surface area contributed by atoms with Gasteiger partial charge in [-0.2, -0.15) is 0 Å². The Balaban J connectivity index is 0.00000133. The van der Waals surface area contributed by atoms with Crippen LogP contribution >= 0.6 is 12.4 Å². The van der Waals surface area contributed by atoms with Crippen LogP contribution in [0.3, 0.4) is 0 Å². The van der Waals surface area contributed by atoms with Crippen LogP contribution in [0.1, 0.15) is 16.8 Å². The Labute approximate surface area is 119 Å². The highest BCUT2D eigenvalue weighted by atomic mass is 35.5. The lowest BCUT2D eigenvalue weighted by atomic mass is 10.00. The Kier molecular flexibility index (Phi) is 4.40. The third-order valence-corrected chi connectivity index (χ3v) is 3.46. The second-order valence-electron chi connectivity index (χ2n) is 4.63. The number of hydrogen-bond acceptors (Lipinski definition) is 3. The highest BCUT2D eigenvalue weighted by Crippen LogP contribution is 2.22. The zero-order valence-corrected chi connectivity index (χ0v) is 11.6. The minimum atomic E-state index is 0. The Hall–Kier alpha value is -1.58. The molecule has 3 rings (SSSR count). The largest absolute Gasteiger partial charge is 0.352 e. The third-order valence-electron chi connectivity index (χ3n) is 3.46. The highest BCUT2D eigenvalue weighted by Gasteiger charge is 2.16. The predicted octanol–water partition coefficient (Wildman–Crippen LogP) is 2.52. The summed E-state index contributed by atoms with van der Waals surface area (Å²) in [5, 5.41) is 0. The van der Waals surface area contributed by atoms with Crippen LogP contribution in [-0.2, 0) is 19.5 Å². The molecule has 1 aliphatic heterocycles. The summed E-state index contributed by atoms with van der Waals surface area (Å²) >= 11 is 0. The molecule has 4 heteroatoms. The van der Waals surface area contributed by atoms with E-state index < -0.39 is 0 Å². The minimum absolute atomic E-state index is 0. The lowest BCUT2D eigenvalue weighted by Gasteiger charge is -2.30. The molecular formula is C15H18ClN3. The van der Waals surface area contributed by atoms with Crippen LogP contribution in [-0.4, -0.2) is 11.5 Å². The van der Waals surface area contributed by atoms with E-state index in [0.29, 0.717) is 6.54 Å². The number of hydrogen-bond donors (Lipinski definition) is 1. The van der Waals surface area contributed by atoms with Crippen molar-refractivity contribution in [3.63, 3.8) is 0 Å². The van der Waals surface area contributed by atoms with Gasteiger partial charge < -0.3 is 10.6 Å². The maximum Gasteiger partial charge on any atom is 0.129 e. The van der Waals surface area contributed by atoms with Crippen molar-refractivity contribution in [2.45, 2.75) is 19.5 Å². The van der Waals surface area contributed by atoms with Crippen LogP contribution in [0, 0.1) is 0 Å². The molecule has 19 heavy (non-hydrogen) atoms. The van der Waals surface area contributed by atoms with Gasteiger partial charge >= 0.3 is 0 Å². The van der Waals surface area contributed by atoms with Crippen LogP contribution in [0.25, 0.3) is 0 Å². The highest BCUT2D eigenvalue weighted by molar-refractivity contribution is 5.85. The van der Waals surface area contributed by atoms with Gasteiger partial charge in [-0.15, -0.1) is 12.4 Å². The van der Waals surface area contributed by atoms with E-state index in [2.05, 4.69) is 40.2 Å². The standard InChI is InChI=1S/C15H17N3.ClH/c16-10-14-6-3-7-15(17-14)18-9-8-12-4-1-2-5-13(12)11-18;/h1-7H,8-11,16H2;1H. The fraction of sp³-hybridized carbons (Fsp3) is 0.267. The summed E-state index contributed by atoms with van der Waals surface area (Å²) < 4.78 is 0. The van der Waals surface area contributed by atoms with Crippen LogP contribution in [0.15, 0.2) is 42.5 Å². The lowest BCUT2D eigenvalue weighted by molar-refractivity contribution is 0.718. The molecule has 0 aliphatic carbocycles. The van der Waals surface area contributed by atoms with Gasteiger partial charge in [-0.1, -0.05) is 30.3 Å². The molecule has 0 saturated heterocycles. The molecule has 0 bridgehead atoms. The molecule has 1 aromatic heterocycles. The van der Waals surface area contributed by atoms with Gasteiger partial charge in [-0.25, -0.2) is 4.98 Å². The summed E-state index contributed by atoms with van der Waals surface area (Å²) in [6, 6.07) is 14.7. The molecule has 0 saturated carbocycles. The van der Waals surface area contributed by atoms with E-state index in [4.69, 9.17) is 5.73 Å². The van der Waals surface area contributed by atoms with E-state index in [9.17, 15) is 0 Å². The summed E-state index contributed by atoms with van der Waals surface area (Å²) in [4.78, 5) is 6.91. The SMILES string of the molecule is Cl.NCc1cccc(N2CCc3ccccc3C2)n1. The topological polar surface area (TPSA) is 42.1 Å². The molecule has 0 spiro atoms. The molecule has 3 nitrogen and oxygen atoms in total. The number of anilines is 1. The van der Waals surface area contributed by atoms with E-state index in [0.717, 1.165) is 31.0 Å². The zero-order chi connectivity index (χ0) is 12.4. The maximum atomic E-state index is 5.64. The summed E-state index contributed by atoms with van der Waals surface area (Å²) in [5.74, 6) is 1.03. The molecule has 1 aromatic carbocycles. The molecule has 2 aromatic rings. The molecular weight excluding hydrogens is 258 g/mol. The van der Waals surface area contributed by atoms with Crippen molar-refractivity contribution in [1.29, 1.82) is 0 Å². The van der Waals surface area contributed by atoms with E-state index in [1.165, 1.54) is 11.1 Å². The normalized spacial score (nSPS) is 13.6. The Morgan fingerprint density at radius 3 is 2.63 bits per heavy atom. The fourth-order valence-electron chi connectivity index (χ4n) is 2.45. The molecule has 1 aliphatic rings. The van der Waals surface area contributed by atoms with Crippen molar-refractivity contribution in [1.82, 2.24) is 4.98 Å². The molecule has 0 unspecified atom stereocenters. The zero-order valence-electron chi connectivity index (χ0n) is 10.7. The van der Waals surface area contributed by atoms with E-state index in [1.54, 1.807) is 0 Å². The number of nitrogens with zero attached hydrogens (tertiary/aromatic N) is 2. The number of aromatic nitrogens is 1. The molecule has 0 fully saturated rings. The van der Waals surface area contributed by atoms with E-state index in [-0.39, 0.29) is 12.4 Å². The van der Waals surface area contributed by atoms with Gasteiger partial charge in [0, 0.05) is 19.6 Å². The Bertz CT molecular complexity index is 557. The molecule has 0 amide bonds. The lowest BCUT2D eigenvalue weighted by Crippen LogP contribution is -2.31. The summed E-state index contributed by atoms with van der Waals surface area (Å²) in [6.07, 6.45) is 1.09. The summed E-state index contributed by atoms with van der Waals surface area (Å²) in [5.41, 5.74) is 9.46. The summed E-state index contributed by atoms with van der Waals surface area (Å²) in [6.45, 7) is 2.47. The average Bonchev–Trinajstić information content (AvgIpc) is 2.47. The number of pyridine rings is 1. The molecule has 100 valence electrons. The first-order valence-electron chi connectivity index (χ1n) is 6.34.